The molecule has 1 N–H and O–H groups in total. The Balaban J connectivity index is 2.11. The van der Waals surface area contributed by atoms with Crippen molar-refractivity contribution >= 4 is 0 Å². The lowest BCUT2D eigenvalue weighted by molar-refractivity contribution is 0.140. The number of nitrogens with one attached hydrogen (secondary N) is 1. The van der Waals surface area contributed by atoms with E-state index in [4.69, 9.17) is 14.2 Å². The highest BCUT2D eigenvalue weighted by atomic mass is 16.5. The summed E-state index contributed by atoms with van der Waals surface area (Å²) in [6.07, 6.45) is 1.12. The van der Waals surface area contributed by atoms with Gasteiger partial charge in [-0.25, -0.2) is 0 Å². The van der Waals surface area contributed by atoms with Gasteiger partial charge in [-0.15, -0.1) is 0 Å². The highest BCUT2D eigenvalue weighted by Crippen LogP contribution is 2.27. The van der Waals surface area contributed by atoms with Gasteiger partial charge in [0.1, 0.15) is 17.6 Å². The number of ether oxygens (including phenoxy) is 3. The Labute approximate surface area is 108 Å². The summed E-state index contributed by atoms with van der Waals surface area (Å²) >= 11 is 0. The number of benzene rings is 1. The van der Waals surface area contributed by atoms with Crippen LogP contribution in [0.4, 0.5) is 0 Å². The van der Waals surface area contributed by atoms with Crippen molar-refractivity contribution in [1.29, 1.82) is 0 Å². The maximum atomic E-state index is 6.00. The van der Waals surface area contributed by atoms with Crippen LogP contribution in [-0.2, 0) is 11.3 Å². The molecule has 1 fully saturated rings. The average molecular weight is 251 g/mol. The van der Waals surface area contributed by atoms with Crippen LogP contribution in [0.25, 0.3) is 0 Å². The Morgan fingerprint density at radius 3 is 3.00 bits per heavy atom. The fraction of sp³-hybridized carbons (Fsp3) is 0.571. The second kappa shape index (κ2) is 6.61. The molecule has 0 spiro atoms. The minimum absolute atomic E-state index is 0.164. The quantitative estimate of drug-likeness (QED) is 0.839. The molecule has 1 unspecified atom stereocenters. The molecule has 1 atom stereocenters. The normalized spacial score (nSPS) is 18.9. The van der Waals surface area contributed by atoms with Gasteiger partial charge in [-0.1, -0.05) is 13.0 Å². The fourth-order valence-corrected chi connectivity index (χ4v) is 1.96. The molecule has 0 bridgehead atoms. The van der Waals surface area contributed by atoms with E-state index in [1.807, 2.05) is 18.2 Å². The zero-order valence-electron chi connectivity index (χ0n) is 11.1. The third-order valence-electron chi connectivity index (χ3n) is 3.02. The van der Waals surface area contributed by atoms with Crippen LogP contribution in [0.2, 0.25) is 0 Å². The summed E-state index contributed by atoms with van der Waals surface area (Å²) in [5.41, 5.74) is 1.16. The molecule has 4 heteroatoms. The molecular formula is C14H21NO3. The third kappa shape index (κ3) is 3.37. The van der Waals surface area contributed by atoms with Crippen LogP contribution in [0.3, 0.4) is 0 Å². The summed E-state index contributed by atoms with van der Waals surface area (Å²) in [7, 11) is 1.67. The van der Waals surface area contributed by atoms with Crippen LogP contribution in [0, 0.1) is 0 Å². The van der Waals surface area contributed by atoms with Crippen LogP contribution in [0.5, 0.6) is 11.5 Å². The molecule has 1 heterocycles. The molecule has 100 valence electrons. The van der Waals surface area contributed by atoms with Crippen molar-refractivity contribution in [1.82, 2.24) is 5.32 Å². The molecule has 0 amide bonds. The van der Waals surface area contributed by atoms with Crippen molar-refractivity contribution in [3.63, 3.8) is 0 Å². The van der Waals surface area contributed by atoms with E-state index >= 15 is 0 Å². The minimum Gasteiger partial charge on any atom is -0.497 e. The summed E-state index contributed by atoms with van der Waals surface area (Å²) in [5, 5.41) is 3.32. The molecule has 0 aromatic heterocycles. The molecule has 2 rings (SSSR count). The molecular weight excluding hydrogens is 230 g/mol. The molecule has 1 aliphatic heterocycles. The molecule has 1 aromatic carbocycles. The zero-order valence-corrected chi connectivity index (χ0v) is 11.1. The lowest BCUT2D eigenvalue weighted by Gasteiger charge is -2.16. The van der Waals surface area contributed by atoms with Gasteiger partial charge in [0, 0.05) is 24.6 Å². The van der Waals surface area contributed by atoms with Gasteiger partial charge >= 0.3 is 0 Å². The SMILES string of the molecule is CCNCc1ccc(OC)cc1OC1CCOC1. The highest BCUT2D eigenvalue weighted by Gasteiger charge is 2.18. The maximum Gasteiger partial charge on any atom is 0.128 e. The first-order valence-corrected chi connectivity index (χ1v) is 6.45. The Kier molecular flexibility index (Phi) is 4.84. The van der Waals surface area contributed by atoms with Gasteiger partial charge in [0.05, 0.1) is 20.3 Å². The van der Waals surface area contributed by atoms with Gasteiger partial charge in [0.2, 0.25) is 0 Å². The maximum absolute atomic E-state index is 6.00. The van der Waals surface area contributed by atoms with Crippen LogP contribution < -0.4 is 14.8 Å². The monoisotopic (exact) mass is 251 g/mol. The van der Waals surface area contributed by atoms with E-state index in [2.05, 4.69) is 12.2 Å². The van der Waals surface area contributed by atoms with Gasteiger partial charge < -0.3 is 19.5 Å². The lowest BCUT2D eigenvalue weighted by atomic mass is 10.2. The summed E-state index contributed by atoms with van der Waals surface area (Å²) in [6.45, 7) is 5.31. The summed E-state index contributed by atoms with van der Waals surface area (Å²) < 4.78 is 16.6. The molecule has 1 saturated heterocycles. The van der Waals surface area contributed by atoms with Crippen molar-refractivity contribution in [2.24, 2.45) is 0 Å². The van der Waals surface area contributed by atoms with Gasteiger partial charge in [-0.05, 0) is 12.6 Å². The number of hydrogen-bond donors (Lipinski definition) is 1. The van der Waals surface area contributed by atoms with Gasteiger partial charge in [-0.2, -0.15) is 0 Å². The molecule has 1 aliphatic rings. The third-order valence-corrected chi connectivity index (χ3v) is 3.02. The summed E-state index contributed by atoms with van der Waals surface area (Å²) in [4.78, 5) is 0. The molecule has 4 nitrogen and oxygen atoms in total. The standard InChI is InChI=1S/C14H21NO3/c1-3-15-9-11-4-5-12(16-2)8-14(11)18-13-6-7-17-10-13/h4-5,8,13,15H,3,6-7,9-10H2,1-2H3. The predicted molar refractivity (Wildman–Crippen MR) is 70.2 cm³/mol. The van der Waals surface area contributed by atoms with Crippen molar-refractivity contribution in [3.05, 3.63) is 23.8 Å². The van der Waals surface area contributed by atoms with E-state index in [0.29, 0.717) is 6.61 Å². The van der Waals surface area contributed by atoms with Gasteiger partial charge in [0.25, 0.3) is 0 Å². The van der Waals surface area contributed by atoms with Crippen molar-refractivity contribution in [2.45, 2.75) is 26.0 Å². The Morgan fingerprint density at radius 2 is 2.33 bits per heavy atom. The fourth-order valence-electron chi connectivity index (χ4n) is 1.96. The molecule has 0 saturated carbocycles. The first-order valence-electron chi connectivity index (χ1n) is 6.45. The van der Waals surface area contributed by atoms with E-state index in [1.54, 1.807) is 7.11 Å². The summed E-state index contributed by atoms with van der Waals surface area (Å²) in [5.74, 6) is 1.72. The first kappa shape index (κ1) is 13.2. The zero-order chi connectivity index (χ0) is 12.8. The Hall–Kier alpha value is -1.26. The molecule has 0 aliphatic carbocycles. The average Bonchev–Trinajstić information content (AvgIpc) is 2.90. The van der Waals surface area contributed by atoms with Crippen LogP contribution in [-0.4, -0.2) is 33.0 Å². The van der Waals surface area contributed by atoms with E-state index in [-0.39, 0.29) is 6.10 Å². The van der Waals surface area contributed by atoms with E-state index in [0.717, 1.165) is 43.2 Å². The topological polar surface area (TPSA) is 39.7 Å². The van der Waals surface area contributed by atoms with E-state index in [1.165, 1.54) is 0 Å². The Bertz CT molecular complexity index is 375. The van der Waals surface area contributed by atoms with Crippen LogP contribution in [0.1, 0.15) is 18.9 Å². The molecule has 0 radical (unpaired) electrons. The largest absolute Gasteiger partial charge is 0.497 e. The second-order valence-electron chi connectivity index (χ2n) is 4.36. The Morgan fingerprint density at radius 1 is 1.44 bits per heavy atom. The molecule has 1 aromatic rings. The smallest absolute Gasteiger partial charge is 0.128 e. The number of hydrogen-bond acceptors (Lipinski definition) is 4. The van der Waals surface area contributed by atoms with Gasteiger partial charge in [0.15, 0.2) is 0 Å². The number of rotatable bonds is 6. The summed E-state index contributed by atoms with van der Waals surface area (Å²) in [6, 6.07) is 5.96. The van der Waals surface area contributed by atoms with Crippen molar-refractivity contribution in [3.8, 4) is 11.5 Å². The van der Waals surface area contributed by atoms with Crippen LogP contribution in [0.15, 0.2) is 18.2 Å². The molecule has 18 heavy (non-hydrogen) atoms. The van der Waals surface area contributed by atoms with Crippen molar-refractivity contribution in [2.75, 3.05) is 26.9 Å². The van der Waals surface area contributed by atoms with E-state index in [9.17, 15) is 0 Å². The lowest BCUT2D eigenvalue weighted by Crippen LogP contribution is -2.18. The van der Waals surface area contributed by atoms with E-state index < -0.39 is 0 Å². The second-order valence-corrected chi connectivity index (χ2v) is 4.36. The highest BCUT2D eigenvalue weighted by molar-refractivity contribution is 5.41. The van der Waals surface area contributed by atoms with Crippen molar-refractivity contribution < 1.29 is 14.2 Å². The number of methoxy groups -OCH3 is 1. The van der Waals surface area contributed by atoms with Gasteiger partial charge in [-0.3, -0.25) is 0 Å². The van der Waals surface area contributed by atoms with Crippen LogP contribution >= 0.6 is 0 Å². The minimum atomic E-state index is 0.164. The first-order chi connectivity index (χ1) is 8.83. The predicted octanol–water partition coefficient (Wildman–Crippen LogP) is 1.97.